The SMILES string of the molecule is C[C@@H]1CN([C@@H]2CCNC2)C[C@H](C)N1C. The van der Waals surface area contributed by atoms with Crippen LogP contribution in [0.5, 0.6) is 0 Å². The predicted octanol–water partition coefficient (Wildman–Crippen LogP) is 0.373. The summed E-state index contributed by atoms with van der Waals surface area (Å²) in [6.45, 7) is 9.57. The van der Waals surface area contributed by atoms with Crippen LogP contribution in [0.15, 0.2) is 0 Å². The van der Waals surface area contributed by atoms with Crippen molar-refractivity contribution in [1.82, 2.24) is 15.1 Å². The van der Waals surface area contributed by atoms with Gasteiger partial charge in [0.25, 0.3) is 0 Å². The summed E-state index contributed by atoms with van der Waals surface area (Å²) in [5.41, 5.74) is 0. The number of nitrogens with zero attached hydrogens (tertiary/aromatic N) is 2. The minimum atomic E-state index is 0.708. The predicted molar refractivity (Wildman–Crippen MR) is 59.5 cm³/mol. The van der Waals surface area contributed by atoms with Gasteiger partial charge in [-0.2, -0.15) is 0 Å². The Balaban J connectivity index is 1.94. The van der Waals surface area contributed by atoms with Gasteiger partial charge in [0.15, 0.2) is 0 Å². The Morgan fingerprint density at radius 2 is 1.79 bits per heavy atom. The van der Waals surface area contributed by atoms with Crippen molar-refractivity contribution in [3.05, 3.63) is 0 Å². The Hall–Kier alpha value is -0.120. The van der Waals surface area contributed by atoms with E-state index in [4.69, 9.17) is 0 Å². The van der Waals surface area contributed by atoms with Gasteiger partial charge >= 0.3 is 0 Å². The standard InChI is InChI=1S/C11H23N3/c1-9-7-14(8-10(2)13(9)3)11-4-5-12-6-11/h9-12H,4-8H2,1-3H3/t9-,10+,11-/m1/s1. The summed E-state index contributed by atoms with van der Waals surface area (Å²) < 4.78 is 0. The molecule has 0 aromatic heterocycles. The Kier molecular flexibility index (Phi) is 3.10. The van der Waals surface area contributed by atoms with Gasteiger partial charge in [0.05, 0.1) is 0 Å². The highest BCUT2D eigenvalue weighted by atomic mass is 15.3. The lowest BCUT2D eigenvalue weighted by atomic mass is 10.1. The quantitative estimate of drug-likeness (QED) is 0.655. The van der Waals surface area contributed by atoms with Crippen molar-refractivity contribution >= 4 is 0 Å². The highest BCUT2D eigenvalue weighted by molar-refractivity contribution is 4.89. The number of hydrogen-bond acceptors (Lipinski definition) is 3. The van der Waals surface area contributed by atoms with Gasteiger partial charge in [-0.25, -0.2) is 0 Å². The molecule has 0 aliphatic carbocycles. The molecule has 0 aromatic rings. The van der Waals surface area contributed by atoms with Crippen molar-refractivity contribution in [3.8, 4) is 0 Å². The molecule has 3 heteroatoms. The smallest absolute Gasteiger partial charge is 0.0234 e. The average Bonchev–Trinajstić information content (AvgIpc) is 2.66. The summed E-state index contributed by atoms with van der Waals surface area (Å²) in [6.07, 6.45) is 1.34. The number of rotatable bonds is 1. The fourth-order valence-corrected chi connectivity index (χ4v) is 2.69. The minimum absolute atomic E-state index is 0.708. The molecule has 82 valence electrons. The molecular weight excluding hydrogens is 174 g/mol. The Morgan fingerprint density at radius 1 is 1.14 bits per heavy atom. The van der Waals surface area contributed by atoms with Crippen molar-refractivity contribution in [2.24, 2.45) is 0 Å². The van der Waals surface area contributed by atoms with E-state index in [1.54, 1.807) is 0 Å². The molecule has 0 amide bonds. The van der Waals surface area contributed by atoms with Crippen LogP contribution in [0.4, 0.5) is 0 Å². The zero-order valence-electron chi connectivity index (χ0n) is 9.66. The lowest BCUT2D eigenvalue weighted by molar-refractivity contribution is 0.0384. The van der Waals surface area contributed by atoms with Gasteiger partial charge < -0.3 is 5.32 Å². The summed E-state index contributed by atoms with van der Waals surface area (Å²) in [7, 11) is 2.25. The second kappa shape index (κ2) is 4.17. The molecule has 2 fully saturated rings. The molecule has 2 rings (SSSR count). The molecule has 2 aliphatic heterocycles. The molecule has 0 saturated carbocycles. The maximum atomic E-state index is 3.46. The van der Waals surface area contributed by atoms with Crippen molar-refractivity contribution < 1.29 is 0 Å². The normalized spacial score (nSPS) is 41.8. The van der Waals surface area contributed by atoms with Crippen LogP contribution in [0.3, 0.4) is 0 Å². The summed E-state index contributed by atoms with van der Waals surface area (Å²) in [5, 5.41) is 3.46. The summed E-state index contributed by atoms with van der Waals surface area (Å²) in [5.74, 6) is 0. The molecule has 3 atom stereocenters. The zero-order valence-corrected chi connectivity index (χ0v) is 9.66. The van der Waals surface area contributed by atoms with Crippen LogP contribution in [0.25, 0.3) is 0 Å². The van der Waals surface area contributed by atoms with Gasteiger partial charge in [-0.3, -0.25) is 9.80 Å². The summed E-state index contributed by atoms with van der Waals surface area (Å²) in [4.78, 5) is 5.17. The molecule has 0 unspecified atom stereocenters. The molecule has 0 bridgehead atoms. The summed E-state index contributed by atoms with van der Waals surface area (Å²) in [6, 6.07) is 2.22. The van der Waals surface area contributed by atoms with E-state index in [2.05, 4.69) is 36.0 Å². The van der Waals surface area contributed by atoms with Crippen LogP contribution in [0.1, 0.15) is 20.3 Å². The highest BCUT2D eigenvalue weighted by Gasteiger charge is 2.31. The van der Waals surface area contributed by atoms with E-state index in [1.165, 1.54) is 32.6 Å². The van der Waals surface area contributed by atoms with Crippen LogP contribution in [0.2, 0.25) is 0 Å². The fourth-order valence-electron chi connectivity index (χ4n) is 2.69. The number of likely N-dealkylation sites (N-methyl/N-ethyl adjacent to an activating group) is 1. The molecule has 2 aliphatic rings. The van der Waals surface area contributed by atoms with Gasteiger partial charge in [0.1, 0.15) is 0 Å². The first-order valence-corrected chi connectivity index (χ1v) is 5.85. The topological polar surface area (TPSA) is 18.5 Å². The first-order chi connectivity index (χ1) is 6.68. The van der Waals surface area contributed by atoms with Crippen molar-refractivity contribution in [2.45, 2.75) is 38.4 Å². The van der Waals surface area contributed by atoms with Crippen LogP contribution >= 0.6 is 0 Å². The van der Waals surface area contributed by atoms with E-state index in [1.807, 2.05) is 0 Å². The Bertz CT molecular complexity index is 177. The van der Waals surface area contributed by atoms with Crippen LogP contribution in [-0.2, 0) is 0 Å². The minimum Gasteiger partial charge on any atom is -0.315 e. The van der Waals surface area contributed by atoms with E-state index >= 15 is 0 Å². The third-order valence-electron chi connectivity index (χ3n) is 3.94. The van der Waals surface area contributed by atoms with E-state index in [0.29, 0.717) is 12.1 Å². The van der Waals surface area contributed by atoms with Gasteiger partial charge in [0.2, 0.25) is 0 Å². The van der Waals surface area contributed by atoms with Gasteiger partial charge in [-0.15, -0.1) is 0 Å². The van der Waals surface area contributed by atoms with Crippen LogP contribution in [0, 0.1) is 0 Å². The van der Waals surface area contributed by atoms with E-state index in [-0.39, 0.29) is 0 Å². The molecular formula is C11H23N3. The Morgan fingerprint density at radius 3 is 2.29 bits per heavy atom. The first-order valence-electron chi connectivity index (χ1n) is 5.85. The van der Waals surface area contributed by atoms with Crippen LogP contribution < -0.4 is 5.32 Å². The monoisotopic (exact) mass is 197 g/mol. The molecule has 2 saturated heterocycles. The van der Waals surface area contributed by atoms with Gasteiger partial charge in [-0.1, -0.05) is 0 Å². The largest absolute Gasteiger partial charge is 0.315 e. The first kappa shape index (κ1) is 10.4. The third-order valence-corrected chi connectivity index (χ3v) is 3.94. The molecule has 14 heavy (non-hydrogen) atoms. The van der Waals surface area contributed by atoms with E-state index in [0.717, 1.165) is 6.04 Å². The maximum absolute atomic E-state index is 3.46. The van der Waals surface area contributed by atoms with Crippen molar-refractivity contribution in [3.63, 3.8) is 0 Å². The van der Waals surface area contributed by atoms with E-state index in [9.17, 15) is 0 Å². The number of nitrogens with one attached hydrogen (secondary N) is 1. The Labute approximate surface area is 87.4 Å². The van der Waals surface area contributed by atoms with Gasteiger partial charge in [-0.05, 0) is 33.9 Å². The third kappa shape index (κ3) is 1.95. The van der Waals surface area contributed by atoms with Crippen LogP contribution in [-0.4, -0.2) is 61.2 Å². The second-order valence-corrected chi connectivity index (χ2v) is 4.96. The highest BCUT2D eigenvalue weighted by Crippen LogP contribution is 2.18. The molecule has 0 aromatic carbocycles. The zero-order chi connectivity index (χ0) is 10.1. The molecule has 0 radical (unpaired) electrons. The van der Waals surface area contributed by atoms with E-state index < -0.39 is 0 Å². The van der Waals surface area contributed by atoms with Crippen molar-refractivity contribution in [2.75, 3.05) is 33.2 Å². The second-order valence-electron chi connectivity index (χ2n) is 4.96. The van der Waals surface area contributed by atoms with Gasteiger partial charge in [0, 0.05) is 37.8 Å². The number of hydrogen-bond donors (Lipinski definition) is 1. The average molecular weight is 197 g/mol. The lowest BCUT2D eigenvalue weighted by Crippen LogP contribution is -2.57. The molecule has 2 heterocycles. The number of piperazine rings is 1. The molecule has 1 N–H and O–H groups in total. The fraction of sp³-hybridized carbons (Fsp3) is 1.00. The molecule has 3 nitrogen and oxygen atoms in total. The van der Waals surface area contributed by atoms with Crippen molar-refractivity contribution in [1.29, 1.82) is 0 Å². The lowest BCUT2D eigenvalue weighted by Gasteiger charge is -2.44. The molecule has 0 spiro atoms. The maximum Gasteiger partial charge on any atom is 0.0234 e. The summed E-state index contributed by atoms with van der Waals surface area (Å²) >= 11 is 0.